The van der Waals surface area contributed by atoms with Gasteiger partial charge in [0.15, 0.2) is 0 Å². The molecule has 0 aliphatic heterocycles. The second kappa shape index (κ2) is 5.13. The average molecular weight is 240 g/mol. The van der Waals surface area contributed by atoms with Crippen LogP contribution in [0.3, 0.4) is 0 Å². The molecule has 1 atom stereocenters. The van der Waals surface area contributed by atoms with Crippen molar-refractivity contribution in [3.63, 3.8) is 0 Å². The second-order valence-electron chi connectivity index (χ2n) is 4.80. The van der Waals surface area contributed by atoms with Gasteiger partial charge in [0.25, 0.3) is 0 Å². The largest absolute Gasteiger partial charge is 0.399 e. The van der Waals surface area contributed by atoms with Crippen molar-refractivity contribution in [1.82, 2.24) is 0 Å². The summed E-state index contributed by atoms with van der Waals surface area (Å²) in [6.45, 7) is 6.39. The standard InChI is InChI=1S/C16H20N2/c1-11-6-4-5-7-15(11)13(3)18-16-9-8-14(17)10-12(16)2/h4-10,13,18H,17H2,1-3H3. The van der Waals surface area contributed by atoms with E-state index in [1.165, 1.54) is 16.7 Å². The molecule has 0 fully saturated rings. The minimum Gasteiger partial charge on any atom is -0.399 e. The first-order chi connectivity index (χ1) is 8.58. The molecule has 2 rings (SSSR count). The third kappa shape index (κ3) is 2.65. The molecule has 0 heterocycles. The highest BCUT2D eigenvalue weighted by molar-refractivity contribution is 5.58. The molecule has 18 heavy (non-hydrogen) atoms. The van der Waals surface area contributed by atoms with Gasteiger partial charge in [0, 0.05) is 17.4 Å². The molecule has 0 saturated heterocycles. The molecule has 0 radical (unpaired) electrons. The molecule has 2 heteroatoms. The number of anilines is 2. The fraction of sp³-hybridized carbons (Fsp3) is 0.250. The first-order valence-corrected chi connectivity index (χ1v) is 6.26. The molecule has 2 nitrogen and oxygen atoms in total. The third-order valence-electron chi connectivity index (χ3n) is 3.28. The highest BCUT2D eigenvalue weighted by Crippen LogP contribution is 2.25. The maximum Gasteiger partial charge on any atom is 0.0488 e. The van der Waals surface area contributed by atoms with Crippen LogP contribution in [0.15, 0.2) is 42.5 Å². The first kappa shape index (κ1) is 12.5. The van der Waals surface area contributed by atoms with Gasteiger partial charge in [-0.3, -0.25) is 0 Å². The minimum absolute atomic E-state index is 0.286. The van der Waals surface area contributed by atoms with Crippen LogP contribution >= 0.6 is 0 Å². The van der Waals surface area contributed by atoms with E-state index in [9.17, 15) is 0 Å². The SMILES string of the molecule is Cc1cc(N)ccc1NC(C)c1ccccc1C. The molecule has 0 aliphatic rings. The van der Waals surface area contributed by atoms with Crippen molar-refractivity contribution in [2.75, 3.05) is 11.1 Å². The van der Waals surface area contributed by atoms with E-state index >= 15 is 0 Å². The van der Waals surface area contributed by atoms with Crippen molar-refractivity contribution in [3.05, 3.63) is 59.2 Å². The Morgan fingerprint density at radius 3 is 2.39 bits per heavy atom. The number of hydrogen-bond donors (Lipinski definition) is 2. The second-order valence-corrected chi connectivity index (χ2v) is 4.80. The van der Waals surface area contributed by atoms with Gasteiger partial charge in [0.1, 0.15) is 0 Å². The van der Waals surface area contributed by atoms with Crippen LogP contribution in [0.1, 0.15) is 29.7 Å². The van der Waals surface area contributed by atoms with Gasteiger partial charge in [0.2, 0.25) is 0 Å². The van der Waals surface area contributed by atoms with E-state index in [0.717, 1.165) is 11.4 Å². The number of rotatable bonds is 3. The summed E-state index contributed by atoms with van der Waals surface area (Å²) in [4.78, 5) is 0. The van der Waals surface area contributed by atoms with Crippen LogP contribution in [-0.4, -0.2) is 0 Å². The van der Waals surface area contributed by atoms with Crippen LogP contribution in [0.2, 0.25) is 0 Å². The summed E-state index contributed by atoms with van der Waals surface area (Å²) < 4.78 is 0. The summed E-state index contributed by atoms with van der Waals surface area (Å²) >= 11 is 0. The molecular formula is C16H20N2. The van der Waals surface area contributed by atoms with Gasteiger partial charge in [0.05, 0.1) is 0 Å². The fourth-order valence-corrected chi connectivity index (χ4v) is 2.23. The highest BCUT2D eigenvalue weighted by Gasteiger charge is 2.08. The van der Waals surface area contributed by atoms with Crippen molar-refractivity contribution >= 4 is 11.4 Å². The molecule has 2 aromatic rings. The Hall–Kier alpha value is -1.96. The number of nitrogens with one attached hydrogen (secondary N) is 1. The van der Waals surface area contributed by atoms with Crippen molar-refractivity contribution in [3.8, 4) is 0 Å². The van der Waals surface area contributed by atoms with Crippen LogP contribution in [0.4, 0.5) is 11.4 Å². The monoisotopic (exact) mass is 240 g/mol. The molecule has 1 unspecified atom stereocenters. The Labute approximate surface area is 109 Å². The summed E-state index contributed by atoms with van der Waals surface area (Å²) in [6.07, 6.45) is 0. The van der Waals surface area contributed by atoms with Crippen LogP contribution < -0.4 is 11.1 Å². The van der Waals surface area contributed by atoms with Crippen molar-refractivity contribution in [1.29, 1.82) is 0 Å². The minimum atomic E-state index is 0.286. The molecule has 0 bridgehead atoms. The Balaban J connectivity index is 2.21. The number of aryl methyl sites for hydroxylation is 2. The predicted molar refractivity (Wildman–Crippen MR) is 78.8 cm³/mol. The summed E-state index contributed by atoms with van der Waals surface area (Å²) in [5.74, 6) is 0. The molecule has 0 aliphatic carbocycles. The molecule has 0 spiro atoms. The Bertz CT molecular complexity index is 547. The van der Waals surface area contributed by atoms with Gasteiger partial charge < -0.3 is 11.1 Å². The molecule has 2 aromatic carbocycles. The Morgan fingerprint density at radius 2 is 1.72 bits per heavy atom. The Morgan fingerprint density at radius 1 is 1.00 bits per heavy atom. The van der Waals surface area contributed by atoms with E-state index in [0.29, 0.717) is 0 Å². The summed E-state index contributed by atoms with van der Waals surface area (Å²) in [6, 6.07) is 14.7. The van der Waals surface area contributed by atoms with Gasteiger partial charge in [-0.15, -0.1) is 0 Å². The zero-order chi connectivity index (χ0) is 13.1. The normalized spacial score (nSPS) is 12.2. The van der Waals surface area contributed by atoms with Gasteiger partial charge in [-0.05, 0) is 55.7 Å². The van der Waals surface area contributed by atoms with Crippen molar-refractivity contribution in [2.24, 2.45) is 0 Å². The van der Waals surface area contributed by atoms with E-state index in [-0.39, 0.29) is 6.04 Å². The maximum absolute atomic E-state index is 5.77. The summed E-state index contributed by atoms with van der Waals surface area (Å²) in [7, 11) is 0. The lowest BCUT2D eigenvalue weighted by molar-refractivity contribution is 0.872. The maximum atomic E-state index is 5.77. The number of nitrogen functional groups attached to an aromatic ring is 1. The predicted octanol–water partition coefficient (Wildman–Crippen LogP) is 4.06. The van der Waals surface area contributed by atoms with E-state index in [4.69, 9.17) is 5.73 Å². The fourth-order valence-electron chi connectivity index (χ4n) is 2.23. The van der Waals surface area contributed by atoms with Crippen molar-refractivity contribution in [2.45, 2.75) is 26.8 Å². The van der Waals surface area contributed by atoms with Gasteiger partial charge in [-0.25, -0.2) is 0 Å². The van der Waals surface area contributed by atoms with Crippen LogP contribution in [0, 0.1) is 13.8 Å². The lowest BCUT2D eigenvalue weighted by Gasteiger charge is -2.19. The van der Waals surface area contributed by atoms with Crippen LogP contribution in [0.5, 0.6) is 0 Å². The highest BCUT2D eigenvalue weighted by atomic mass is 14.9. The lowest BCUT2D eigenvalue weighted by Crippen LogP contribution is -2.09. The lowest BCUT2D eigenvalue weighted by atomic mass is 10.0. The summed E-state index contributed by atoms with van der Waals surface area (Å²) in [5.41, 5.74) is 11.5. The molecule has 94 valence electrons. The first-order valence-electron chi connectivity index (χ1n) is 6.26. The average Bonchev–Trinajstić information content (AvgIpc) is 2.33. The van der Waals surface area contributed by atoms with Gasteiger partial charge in [-0.1, -0.05) is 24.3 Å². The van der Waals surface area contributed by atoms with Crippen molar-refractivity contribution < 1.29 is 0 Å². The quantitative estimate of drug-likeness (QED) is 0.794. The van der Waals surface area contributed by atoms with E-state index in [1.54, 1.807) is 0 Å². The summed E-state index contributed by atoms with van der Waals surface area (Å²) in [5, 5.41) is 3.54. The molecule has 3 N–H and O–H groups in total. The zero-order valence-electron chi connectivity index (χ0n) is 11.2. The zero-order valence-corrected chi connectivity index (χ0v) is 11.2. The molecular weight excluding hydrogens is 220 g/mol. The smallest absolute Gasteiger partial charge is 0.0488 e. The Kier molecular flexibility index (Phi) is 3.56. The third-order valence-corrected chi connectivity index (χ3v) is 3.28. The van der Waals surface area contributed by atoms with E-state index in [1.807, 2.05) is 18.2 Å². The van der Waals surface area contributed by atoms with Gasteiger partial charge in [-0.2, -0.15) is 0 Å². The van der Waals surface area contributed by atoms with Crippen LogP contribution in [0.25, 0.3) is 0 Å². The molecule has 0 amide bonds. The number of hydrogen-bond acceptors (Lipinski definition) is 2. The van der Waals surface area contributed by atoms with E-state index < -0.39 is 0 Å². The van der Waals surface area contributed by atoms with Gasteiger partial charge >= 0.3 is 0 Å². The van der Waals surface area contributed by atoms with Crippen LogP contribution in [-0.2, 0) is 0 Å². The number of nitrogens with two attached hydrogens (primary N) is 1. The molecule has 0 saturated carbocycles. The molecule has 0 aromatic heterocycles. The topological polar surface area (TPSA) is 38.0 Å². The van der Waals surface area contributed by atoms with E-state index in [2.05, 4.69) is 50.4 Å². The number of benzene rings is 2.